The van der Waals surface area contributed by atoms with Crippen LogP contribution in [0.1, 0.15) is 38.8 Å². The van der Waals surface area contributed by atoms with Gasteiger partial charge in [0.1, 0.15) is 0 Å². The Morgan fingerprint density at radius 3 is 2.32 bits per heavy atom. The molecule has 4 aromatic rings. The van der Waals surface area contributed by atoms with Crippen molar-refractivity contribution in [2.45, 2.75) is 39.3 Å². The lowest BCUT2D eigenvalue weighted by Gasteiger charge is -2.39. The van der Waals surface area contributed by atoms with Gasteiger partial charge in [0.05, 0.1) is 13.1 Å². The Kier molecular flexibility index (Phi) is 6.43. The van der Waals surface area contributed by atoms with E-state index in [9.17, 15) is 9.59 Å². The summed E-state index contributed by atoms with van der Waals surface area (Å²) in [5.41, 5.74) is 6.56. The SMILES string of the molecule is CC(=O)Nc1cccc(-c2ccc3c(c2)C(Nc2ccc(-c4nnn(C)n4)cc2)CC(C)N3C(C)=O)c1. The van der Waals surface area contributed by atoms with Gasteiger partial charge in [0.15, 0.2) is 0 Å². The minimum atomic E-state index is -0.112. The molecule has 188 valence electrons. The molecule has 0 radical (unpaired) electrons. The molecule has 1 aliphatic heterocycles. The number of tetrazole rings is 1. The third kappa shape index (κ3) is 5.06. The minimum Gasteiger partial charge on any atom is -0.378 e. The Morgan fingerprint density at radius 1 is 0.919 bits per heavy atom. The molecule has 3 aromatic carbocycles. The molecule has 0 spiro atoms. The number of hydrogen-bond donors (Lipinski definition) is 2. The summed E-state index contributed by atoms with van der Waals surface area (Å²) < 4.78 is 0. The van der Waals surface area contributed by atoms with E-state index in [2.05, 4.69) is 39.0 Å². The lowest BCUT2D eigenvalue weighted by atomic mass is 9.88. The second kappa shape index (κ2) is 9.85. The van der Waals surface area contributed by atoms with Crippen LogP contribution in [-0.4, -0.2) is 38.1 Å². The normalized spacial score (nSPS) is 16.7. The van der Waals surface area contributed by atoms with Crippen molar-refractivity contribution in [2.75, 3.05) is 15.5 Å². The van der Waals surface area contributed by atoms with Crippen LogP contribution in [0.3, 0.4) is 0 Å². The van der Waals surface area contributed by atoms with Crippen molar-refractivity contribution in [1.82, 2.24) is 20.2 Å². The molecular weight excluding hydrogens is 466 g/mol. The fraction of sp³-hybridized carbons (Fsp3) is 0.250. The highest BCUT2D eigenvalue weighted by molar-refractivity contribution is 5.94. The molecule has 2 amide bonds. The van der Waals surface area contributed by atoms with Gasteiger partial charge in [0.25, 0.3) is 0 Å². The van der Waals surface area contributed by atoms with E-state index in [0.29, 0.717) is 5.82 Å². The first kappa shape index (κ1) is 24.2. The van der Waals surface area contributed by atoms with E-state index in [1.165, 1.54) is 11.7 Å². The van der Waals surface area contributed by atoms with E-state index >= 15 is 0 Å². The number of benzene rings is 3. The van der Waals surface area contributed by atoms with Crippen LogP contribution in [0.25, 0.3) is 22.5 Å². The molecule has 0 saturated carbocycles. The molecule has 0 aliphatic carbocycles. The summed E-state index contributed by atoms with van der Waals surface area (Å²) in [4.78, 5) is 27.4. The zero-order valence-corrected chi connectivity index (χ0v) is 21.3. The molecule has 0 saturated heterocycles. The van der Waals surface area contributed by atoms with E-state index in [1.807, 2.05) is 65.6 Å². The Hall–Kier alpha value is -4.53. The second-order valence-electron chi connectivity index (χ2n) is 9.39. The van der Waals surface area contributed by atoms with Gasteiger partial charge in [-0.1, -0.05) is 18.2 Å². The number of rotatable bonds is 5. The van der Waals surface area contributed by atoms with Crippen LogP contribution < -0.4 is 15.5 Å². The number of nitrogens with one attached hydrogen (secondary N) is 2. The molecule has 5 rings (SSSR count). The Labute approximate surface area is 215 Å². The molecule has 9 heteroatoms. The first-order valence-electron chi connectivity index (χ1n) is 12.2. The predicted octanol–water partition coefficient (Wildman–Crippen LogP) is 4.80. The van der Waals surface area contributed by atoms with Crippen LogP contribution in [0.2, 0.25) is 0 Å². The van der Waals surface area contributed by atoms with Gasteiger partial charge in [-0.15, -0.1) is 10.2 Å². The van der Waals surface area contributed by atoms with E-state index in [0.717, 1.165) is 45.7 Å². The maximum absolute atomic E-state index is 12.6. The third-order valence-corrected chi connectivity index (χ3v) is 6.53. The smallest absolute Gasteiger partial charge is 0.224 e. The van der Waals surface area contributed by atoms with Crippen molar-refractivity contribution in [3.05, 3.63) is 72.3 Å². The predicted molar refractivity (Wildman–Crippen MR) is 144 cm³/mol. The molecule has 2 unspecified atom stereocenters. The Balaban J connectivity index is 1.48. The average molecular weight is 496 g/mol. The summed E-state index contributed by atoms with van der Waals surface area (Å²) in [6.45, 7) is 5.18. The fourth-order valence-electron chi connectivity index (χ4n) is 4.96. The van der Waals surface area contributed by atoms with Crippen LogP contribution in [0.5, 0.6) is 0 Å². The summed E-state index contributed by atoms with van der Waals surface area (Å²) in [7, 11) is 1.74. The standard InChI is InChI=1S/C28H29N7O2/c1-17-14-26(30-23-11-8-20(9-12-23)28-31-33-34(4)32-28)25-16-22(10-13-27(25)35(17)19(3)37)21-6-5-7-24(15-21)29-18(2)36/h5-13,15-17,26,30H,14H2,1-4H3,(H,29,36). The van der Waals surface area contributed by atoms with E-state index in [-0.39, 0.29) is 23.9 Å². The maximum atomic E-state index is 12.6. The first-order valence-corrected chi connectivity index (χ1v) is 12.2. The highest BCUT2D eigenvalue weighted by Gasteiger charge is 2.32. The molecule has 1 aliphatic rings. The number of carbonyl (C=O) groups is 2. The monoisotopic (exact) mass is 495 g/mol. The van der Waals surface area contributed by atoms with Crippen LogP contribution >= 0.6 is 0 Å². The lowest BCUT2D eigenvalue weighted by molar-refractivity contribution is -0.117. The molecule has 0 bridgehead atoms. The summed E-state index contributed by atoms with van der Waals surface area (Å²) >= 11 is 0. The van der Waals surface area contributed by atoms with Gasteiger partial charge in [-0.05, 0) is 83.8 Å². The van der Waals surface area contributed by atoms with Crippen LogP contribution in [0.4, 0.5) is 17.1 Å². The number of aromatic nitrogens is 4. The Morgan fingerprint density at radius 2 is 1.65 bits per heavy atom. The van der Waals surface area contributed by atoms with Gasteiger partial charge in [-0.25, -0.2) is 0 Å². The van der Waals surface area contributed by atoms with Gasteiger partial charge in [0, 0.05) is 42.5 Å². The number of anilines is 3. The molecule has 37 heavy (non-hydrogen) atoms. The van der Waals surface area contributed by atoms with Crippen molar-refractivity contribution in [3.8, 4) is 22.5 Å². The Bertz CT molecular complexity index is 1460. The van der Waals surface area contributed by atoms with Gasteiger partial charge in [-0.3, -0.25) is 9.59 Å². The summed E-state index contributed by atoms with van der Waals surface area (Å²) in [5, 5.41) is 18.8. The molecule has 1 aromatic heterocycles. The summed E-state index contributed by atoms with van der Waals surface area (Å²) in [6.07, 6.45) is 0.759. The zero-order chi connectivity index (χ0) is 26.1. The molecule has 2 heterocycles. The number of hydrogen-bond acceptors (Lipinski definition) is 6. The minimum absolute atomic E-state index is 0.000399. The van der Waals surface area contributed by atoms with Gasteiger partial charge < -0.3 is 15.5 Å². The summed E-state index contributed by atoms with van der Waals surface area (Å²) in [6, 6.07) is 21.9. The van der Waals surface area contributed by atoms with E-state index in [4.69, 9.17) is 0 Å². The maximum Gasteiger partial charge on any atom is 0.224 e. The van der Waals surface area contributed by atoms with Crippen molar-refractivity contribution in [3.63, 3.8) is 0 Å². The quantitative estimate of drug-likeness (QED) is 0.412. The van der Waals surface area contributed by atoms with Crippen LogP contribution in [0, 0.1) is 0 Å². The largest absolute Gasteiger partial charge is 0.378 e. The second-order valence-corrected chi connectivity index (χ2v) is 9.39. The van der Waals surface area contributed by atoms with Crippen molar-refractivity contribution in [2.24, 2.45) is 7.05 Å². The van der Waals surface area contributed by atoms with Crippen LogP contribution in [0.15, 0.2) is 66.7 Å². The number of amides is 2. The molecular formula is C28H29N7O2. The van der Waals surface area contributed by atoms with Crippen molar-refractivity contribution >= 4 is 28.9 Å². The molecule has 2 atom stereocenters. The average Bonchev–Trinajstić information content (AvgIpc) is 3.30. The lowest BCUT2D eigenvalue weighted by Crippen LogP contribution is -2.43. The topological polar surface area (TPSA) is 105 Å². The number of nitrogens with zero attached hydrogens (tertiary/aromatic N) is 5. The fourth-order valence-corrected chi connectivity index (χ4v) is 4.96. The third-order valence-electron chi connectivity index (χ3n) is 6.53. The highest BCUT2D eigenvalue weighted by atomic mass is 16.2. The number of fused-ring (bicyclic) bond motifs is 1. The van der Waals surface area contributed by atoms with E-state index < -0.39 is 0 Å². The number of aryl methyl sites for hydroxylation is 1. The number of carbonyl (C=O) groups excluding carboxylic acids is 2. The first-order chi connectivity index (χ1) is 17.8. The zero-order valence-electron chi connectivity index (χ0n) is 21.3. The van der Waals surface area contributed by atoms with Crippen molar-refractivity contribution in [1.29, 1.82) is 0 Å². The van der Waals surface area contributed by atoms with Gasteiger partial charge in [-0.2, -0.15) is 4.80 Å². The van der Waals surface area contributed by atoms with Crippen LogP contribution in [-0.2, 0) is 16.6 Å². The summed E-state index contributed by atoms with van der Waals surface area (Å²) in [5.74, 6) is 0.487. The molecule has 9 nitrogen and oxygen atoms in total. The van der Waals surface area contributed by atoms with Gasteiger partial charge >= 0.3 is 0 Å². The molecule has 0 fully saturated rings. The molecule has 2 N–H and O–H groups in total. The van der Waals surface area contributed by atoms with Crippen molar-refractivity contribution < 1.29 is 9.59 Å². The van der Waals surface area contributed by atoms with E-state index in [1.54, 1.807) is 14.0 Å². The van der Waals surface area contributed by atoms with Gasteiger partial charge in [0.2, 0.25) is 17.6 Å². The highest BCUT2D eigenvalue weighted by Crippen LogP contribution is 2.41.